The lowest BCUT2D eigenvalue weighted by Gasteiger charge is -2.27. The Morgan fingerprint density at radius 2 is 2.06 bits per heavy atom. The number of anilines is 1. The first-order valence-corrected chi connectivity index (χ1v) is 4.86. The SMILES string of the molecule is CC(CO)(CO)Nc1cc(F)ccc1[N+](=O)[O-]. The Kier molecular flexibility index (Phi) is 3.97. The van der Waals surface area contributed by atoms with Gasteiger partial charge in [-0.05, 0) is 13.0 Å². The van der Waals surface area contributed by atoms with Gasteiger partial charge in [-0.2, -0.15) is 0 Å². The van der Waals surface area contributed by atoms with Crippen molar-refractivity contribution >= 4 is 11.4 Å². The van der Waals surface area contributed by atoms with Crippen molar-refractivity contribution in [3.05, 3.63) is 34.1 Å². The van der Waals surface area contributed by atoms with E-state index in [0.29, 0.717) is 0 Å². The Morgan fingerprint density at radius 1 is 1.47 bits per heavy atom. The minimum absolute atomic E-state index is 0.0828. The van der Waals surface area contributed by atoms with Crippen molar-refractivity contribution in [2.24, 2.45) is 0 Å². The maximum absolute atomic E-state index is 13.0. The Balaban J connectivity index is 3.12. The summed E-state index contributed by atoms with van der Waals surface area (Å²) in [6, 6.07) is 2.94. The van der Waals surface area contributed by atoms with Crippen LogP contribution in [0.1, 0.15) is 6.92 Å². The summed E-state index contributed by atoms with van der Waals surface area (Å²) < 4.78 is 13.0. The highest BCUT2D eigenvalue weighted by Gasteiger charge is 2.26. The van der Waals surface area contributed by atoms with Gasteiger partial charge in [0, 0.05) is 12.1 Å². The number of aliphatic hydroxyl groups excluding tert-OH is 2. The molecule has 0 atom stereocenters. The van der Waals surface area contributed by atoms with E-state index in [4.69, 9.17) is 10.2 Å². The molecule has 0 spiro atoms. The van der Waals surface area contributed by atoms with Crippen LogP contribution in [0.25, 0.3) is 0 Å². The standard InChI is InChI=1S/C10H13FN2O4/c1-10(5-14,6-15)12-8-4-7(11)2-3-9(8)13(16)17/h2-4,12,14-15H,5-6H2,1H3. The predicted molar refractivity (Wildman–Crippen MR) is 59.3 cm³/mol. The molecule has 7 heteroatoms. The Labute approximate surface area is 96.8 Å². The van der Waals surface area contributed by atoms with Crippen LogP contribution in [0.15, 0.2) is 18.2 Å². The number of halogens is 1. The number of nitrogens with one attached hydrogen (secondary N) is 1. The molecule has 0 aliphatic rings. The summed E-state index contributed by atoms with van der Waals surface area (Å²) in [5, 5.41) is 31.4. The van der Waals surface area contributed by atoms with E-state index in [1.807, 2.05) is 0 Å². The second-order valence-electron chi connectivity index (χ2n) is 3.92. The Hall–Kier alpha value is -1.73. The van der Waals surface area contributed by atoms with E-state index in [1.165, 1.54) is 6.92 Å². The first-order valence-electron chi connectivity index (χ1n) is 4.86. The van der Waals surface area contributed by atoms with Crippen LogP contribution in [0.5, 0.6) is 0 Å². The number of nitro benzene ring substituents is 1. The van der Waals surface area contributed by atoms with Crippen LogP contribution < -0.4 is 5.32 Å². The molecular formula is C10H13FN2O4. The summed E-state index contributed by atoms with van der Waals surface area (Å²) >= 11 is 0. The first kappa shape index (κ1) is 13.3. The molecule has 0 saturated carbocycles. The number of nitro groups is 1. The van der Waals surface area contributed by atoms with Crippen molar-refractivity contribution in [1.82, 2.24) is 0 Å². The molecule has 1 rings (SSSR count). The summed E-state index contributed by atoms with van der Waals surface area (Å²) in [6.45, 7) is 0.565. The summed E-state index contributed by atoms with van der Waals surface area (Å²) in [4.78, 5) is 10.0. The van der Waals surface area contributed by atoms with Crippen molar-refractivity contribution in [3.8, 4) is 0 Å². The fourth-order valence-corrected chi connectivity index (χ4v) is 1.22. The van der Waals surface area contributed by atoms with E-state index in [-0.39, 0.29) is 11.4 Å². The van der Waals surface area contributed by atoms with Crippen molar-refractivity contribution in [3.63, 3.8) is 0 Å². The minimum Gasteiger partial charge on any atom is -0.394 e. The number of hydrogen-bond donors (Lipinski definition) is 3. The molecule has 1 aromatic rings. The predicted octanol–water partition coefficient (Wildman–Crippen LogP) is 0.889. The van der Waals surface area contributed by atoms with Gasteiger partial charge in [0.1, 0.15) is 11.5 Å². The number of nitrogens with zero attached hydrogens (tertiary/aromatic N) is 1. The molecule has 0 radical (unpaired) electrons. The molecule has 6 nitrogen and oxygen atoms in total. The molecule has 0 aromatic heterocycles. The largest absolute Gasteiger partial charge is 0.394 e. The van der Waals surface area contributed by atoms with Crippen LogP contribution in [-0.4, -0.2) is 33.9 Å². The van der Waals surface area contributed by atoms with Crippen molar-refractivity contribution in [2.45, 2.75) is 12.5 Å². The molecule has 0 fully saturated rings. The van der Waals surface area contributed by atoms with E-state index in [0.717, 1.165) is 18.2 Å². The maximum Gasteiger partial charge on any atom is 0.292 e. The number of aliphatic hydroxyl groups is 2. The summed E-state index contributed by atoms with van der Waals surface area (Å²) in [5.41, 5.74) is -1.56. The average Bonchev–Trinajstić information content (AvgIpc) is 2.28. The fourth-order valence-electron chi connectivity index (χ4n) is 1.22. The van der Waals surface area contributed by atoms with Gasteiger partial charge in [0.25, 0.3) is 5.69 Å². The molecule has 0 unspecified atom stereocenters. The molecule has 3 N–H and O–H groups in total. The number of benzene rings is 1. The molecule has 94 valence electrons. The second-order valence-corrected chi connectivity index (χ2v) is 3.92. The highest BCUT2D eigenvalue weighted by atomic mass is 19.1. The van der Waals surface area contributed by atoms with Crippen LogP contribution in [-0.2, 0) is 0 Å². The molecule has 0 heterocycles. The lowest BCUT2D eigenvalue weighted by Crippen LogP contribution is -2.42. The van der Waals surface area contributed by atoms with Gasteiger partial charge in [0.05, 0.1) is 23.7 Å². The normalized spacial score (nSPS) is 11.3. The van der Waals surface area contributed by atoms with Gasteiger partial charge in [0.15, 0.2) is 0 Å². The maximum atomic E-state index is 13.0. The molecule has 1 aromatic carbocycles. The third kappa shape index (κ3) is 3.11. The third-order valence-corrected chi connectivity index (χ3v) is 2.29. The summed E-state index contributed by atoms with van der Waals surface area (Å²) in [5.74, 6) is -0.642. The van der Waals surface area contributed by atoms with Gasteiger partial charge in [-0.3, -0.25) is 10.1 Å². The molecule has 0 saturated heterocycles. The highest BCUT2D eigenvalue weighted by molar-refractivity contribution is 5.62. The zero-order chi connectivity index (χ0) is 13.1. The van der Waals surface area contributed by atoms with E-state index in [9.17, 15) is 14.5 Å². The summed E-state index contributed by atoms with van der Waals surface area (Å²) in [7, 11) is 0. The minimum atomic E-state index is -1.15. The molecule has 0 aliphatic carbocycles. The van der Waals surface area contributed by atoms with Crippen LogP contribution in [0.2, 0.25) is 0 Å². The smallest absolute Gasteiger partial charge is 0.292 e. The lowest BCUT2D eigenvalue weighted by atomic mass is 10.0. The monoisotopic (exact) mass is 244 g/mol. The van der Waals surface area contributed by atoms with Gasteiger partial charge in [-0.1, -0.05) is 0 Å². The molecule has 0 aliphatic heterocycles. The van der Waals surface area contributed by atoms with E-state index >= 15 is 0 Å². The van der Waals surface area contributed by atoms with E-state index in [1.54, 1.807) is 0 Å². The average molecular weight is 244 g/mol. The molecule has 17 heavy (non-hydrogen) atoms. The highest BCUT2D eigenvalue weighted by Crippen LogP contribution is 2.27. The lowest BCUT2D eigenvalue weighted by molar-refractivity contribution is -0.384. The molecular weight excluding hydrogens is 231 g/mol. The van der Waals surface area contributed by atoms with Gasteiger partial charge >= 0.3 is 0 Å². The third-order valence-electron chi connectivity index (χ3n) is 2.29. The van der Waals surface area contributed by atoms with Crippen molar-refractivity contribution < 1.29 is 19.5 Å². The quantitative estimate of drug-likeness (QED) is 0.528. The van der Waals surface area contributed by atoms with E-state index in [2.05, 4.69) is 5.32 Å². The van der Waals surface area contributed by atoms with Crippen LogP contribution in [0.3, 0.4) is 0 Å². The Bertz CT molecular complexity index is 421. The van der Waals surface area contributed by atoms with Crippen molar-refractivity contribution in [1.29, 1.82) is 0 Å². The van der Waals surface area contributed by atoms with Gasteiger partial charge in [-0.15, -0.1) is 0 Å². The number of rotatable bonds is 5. The molecule has 0 amide bonds. The fraction of sp³-hybridized carbons (Fsp3) is 0.400. The van der Waals surface area contributed by atoms with Gasteiger partial charge in [-0.25, -0.2) is 4.39 Å². The first-order chi connectivity index (χ1) is 7.91. The zero-order valence-corrected chi connectivity index (χ0v) is 9.18. The van der Waals surface area contributed by atoms with E-state index < -0.39 is 29.5 Å². The second kappa shape index (κ2) is 5.07. The van der Waals surface area contributed by atoms with Crippen LogP contribution in [0, 0.1) is 15.9 Å². The van der Waals surface area contributed by atoms with Crippen LogP contribution in [0.4, 0.5) is 15.8 Å². The van der Waals surface area contributed by atoms with Gasteiger partial charge < -0.3 is 15.5 Å². The topological polar surface area (TPSA) is 95.6 Å². The number of hydrogen-bond acceptors (Lipinski definition) is 5. The Morgan fingerprint density at radius 3 is 2.53 bits per heavy atom. The zero-order valence-electron chi connectivity index (χ0n) is 9.18. The molecule has 0 bridgehead atoms. The van der Waals surface area contributed by atoms with Crippen molar-refractivity contribution in [2.75, 3.05) is 18.5 Å². The summed E-state index contributed by atoms with van der Waals surface area (Å²) in [6.07, 6.45) is 0. The van der Waals surface area contributed by atoms with Crippen LogP contribution >= 0.6 is 0 Å². The van der Waals surface area contributed by atoms with Gasteiger partial charge in [0.2, 0.25) is 0 Å².